The van der Waals surface area contributed by atoms with Gasteiger partial charge in [-0.25, -0.2) is 4.39 Å². The van der Waals surface area contributed by atoms with Gasteiger partial charge in [-0.15, -0.1) is 0 Å². The molecule has 3 nitrogen and oxygen atoms in total. The zero-order valence-electron chi connectivity index (χ0n) is 11.9. The number of rotatable bonds is 4. The molecule has 0 atom stereocenters. The van der Waals surface area contributed by atoms with Gasteiger partial charge in [-0.1, -0.05) is 19.1 Å². The van der Waals surface area contributed by atoms with Crippen LogP contribution in [0.5, 0.6) is 5.75 Å². The lowest BCUT2D eigenvalue weighted by Gasteiger charge is -2.11. The molecule has 5 heteroatoms. The van der Waals surface area contributed by atoms with Crippen LogP contribution >= 0.6 is 12.2 Å². The topological polar surface area (TPSA) is 33.3 Å². The summed E-state index contributed by atoms with van der Waals surface area (Å²) in [6.45, 7) is 2.10. The maximum Gasteiger partial charge on any atom is 0.175 e. The Labute approximate surface area is 129 Å². The number of hydrogen-bond donors (Lipinski definition) is 2. The van der Waals surface area contributed by atoms with E-state index >= 15 is 0 Å². The monoisotopic (exact) mass is 304 g/mol. The fourth-order valence-corrected chi connectivity index (χ4v) is 2.10. The molecule has 0 bridgehead atoms. The highest BCUT2D eigenvalue weighted by atomic mass is 32.1. The molecule has 0 aliphatic heterocycles. The number of anilines is 2. The highest BCUT2D eigenvalue weighted by Gasteiger charge is 2.05. The van der Waals surface area contributed by atoms with Gasteiger partial charge >= 0.3 is 0 Å². The summed E-state index contributed by atoms with van der Waals surface area (Å²) in [6.07, 6.45) is 0.994. The molecule has 2 aromatic rings. The van der Waals surface area contributed by atoms with Crippen LogP contribution in [0.2, 0.25) is 0 Å². The summed E-state index contributed by atoms with van der Waals surface area (Å²) in [5, 5.41) is 6.40. The lowest BCUT2D eigenvalue weighted by molar-refractivity contribution is 0.387. The van der Waals surface area contributed by atoms with E-state index in [1.807, 2.05) is 24.3 Å². The van der Waals surface area contributed by atoms with Gasteiger partial charge < -0.3 is 15.4 Å². The summed E-state index contributed by atoms with van der Waals surface area (Å²) < 4.78 is 18.5. The Balaban J connectivity index is 1.99. The molecule has 0 amide bonds. The smallest absolute Gasteiger partial charge is 0.175 e. The van der Waals surface area contributed by atoms with Crippen LogP contribution < -0.4 is 15.4 Å². The zero-order valence-corrected chi connectivity index (χ0v) is 12.8. The fourth-order valence-electron chi connectivity index (χ4n) is 1.86. The minimum Gasteiger partial charge on any atom is -0.494 e. The van der Waals surface area contributed by atoms with Gasteiger partial charge in [-0.2, -0.15) is 0 Å². The third-order valence-electron chi connectivity index (χ3n) is 3.03. The van der Waals surface area contributed by atoms with Crippen molar-refractivity contribution in [3.8, 4) is 5.75 Å². The predicted octanol–water partition coefficient (Wildman–Crippen LogP) is 4.21. The van der Waals surface area contributed by atoms with Gasteiger partial charge in [0.2, 0.25) is 0 Å². The standard InChI is InChI=1S/C16H17FN2OS/c1-3-11-4-6-12(7-5-11)18-16(21)19-13-8-9-15(20-2)14(17)10-13/h4-10H,3H2,1-2H3,(H2,18,19,21). The van der Waals surface area contributed by atoms with E-state index in [1.54, 1.807) is 12.1 Å². The number of hydrogen-bond acceptors (Lipinski definition) is 2. The van der Waals surface area contributed by atoms with E-state index in [2.05, 4.69) is 17.6 Å². The van der Waals surface area contributed by atoms with Gasteiger partial charge in [0, 0.05) is 17.4 Å². The Morgan fingerprint density at radius 3 is 2.29 bits per heavy atom. The number of halogens is 1. The molecule has 2 aromatic carbocycles. The van der Waals surface area contributed by atoms with Crippen molar-refractivity contribution >= 4 is 28.7 Å². The van der Waals surface area contributed by atoms with E-state index in [9.17, 15) is 4.39 Å². The highest BCUT2D eigenvalue weighted by molar-refractivity contribution is 7.80. The predicted molar refractivity (Wildman–Crippen MR) is 88.6 cm³/mol. The second-order valence-electron chi connectivity index (χ2n) is 4.48. The van der Waals surface area contributed by atoms with Crippen molar-refractivity contribution in [1.82, 2.24) is 0 Å². The largest absolute Gasteiger partial charge is 0.494 e. The van der Waals surface area contributed by atoms with Crippen LogP contribution in [0.4, 0.5) is 15.8 Å². The Morgan fingerprint density at radius 2 is 1.71 bits per heavy atom. The molecule has 0 spiro atoms. The van der Waals surface area contributed by atoms with Crippen molar-refractivity contribution < 1.29 is 9.13 Å². The van der Waals surface area contributed by atoms with E-state index in [-0.39, 0.29) is 5.75 Å². The van der Waals surface area contributed by atoms with Gasteiger partial charge in [0.15, 0.2) is 16.7 Å². The van der Waals surface area contributed by atoms with Crippen LogP contribution in [0, 0.1) is 5.82 Å². The first kappa shape index (κ1) is 15.3. The number of methoxy groups -OCH3 is 1. The minimum atomic E-state index is -0.433. The fraction of sp³-hybridized carbons (Fsp3) is 0.188. The van der Waals surface area contributed by atoms with Crippen molar-refractivity contribution in [2.45, 2.75) is 13.3 Å². The minimum absolute atomic E-state index is 0.203. The first-order valence-electron chi connectivity index (χ1n) is 6.63. The zero-order chi connectivity index (χ0) is 15.2. The Hall–Kier alpha value is -2.14. The number of aryl methyl sites for hydroxylation is 1. The molecule has 2 rings (SSSR count). The Morgan fingerprint density at radius 1 is 1.10 bits per heavy atom. The normalized spacial score (nSPS) is 10.0. The first-order valence-corrected chi connectivity index (χ1v) is 7.03. The summed E-state index contributed by atoms with van der Waals surface area (Å²) in [7, 11) is 1.43. The van der Waals surface area contributed by atoms with Crippen LogP contribution in [-0.2, 0) is 6.42 Å². The molecule has 0 radical (unpaired) electrons. The van der Waals surface area contributed by atoms with Crippen molar-refractivity contribution in [3.05, 3.63) is 53.8 Å². The molecule has 110 valence electrons. The third kappa shape index (κ3) is 4.16. The van der Waals surface area contributed by atoms with Crippen molar-refractivity contribution in [2.24, 2.45) is 0 Å². The van der Waals surface area contributed by atoms with Gasteiger partial charge in [-0.3, -0.25) is 0 Å². The first-order chi connectivity index (χ1) is 10.1. The molecule has 0 fully saturated rings. The Kier molecular flexibility index (Phi) is 5.11. The number of benzene rings is 2. The summed E-state index contributed by atoms with van der Waals surface area (Å²) in [4.78, 5) is 0. The van der Waals surface area contributed by atoms with E-state index < -0.39 is 5.82 Å². The van der Waals surface area contributed by atoms with Gasteiger partial charge in [-0.05, 0) is 48.5 Å². The average molecular weight is 304 g/mol. The summed E-state index contributed by atoms with van der Waals surface area (Å²) in [6, 6.07) is 12.6. The number of nitrogens with one attached hydrogen (secondary N) is 2. The van der Waals surface area contributed by atoms with Crippen LogP contribution in [0.1, 0.15) is 12.5 Å². The lowest BCUT2D eigenvalue weighted by atomic mass is 10.1. The molecule has 0 aliphatic rings. The maximum absolute atomic E-state index is 13.6. The third-order valence-corrected chi connectivity index (χ3v) is 3.23. The summed E-state index contributed by atoms with van der Waals surface area (Å²) >= 11 is 5.21. The SMILES string of the molecule is CCc1ccc(NC(=S)Nc2ccc(OC)c(F)c2)cc1. The lowest BCUT2D eigenvalue weighted by Crippen LogP contribution is -2.19. The van der Waals surface area contributed by atoms with E-state index in [1.165, 1.54) is 18.7 Å². The summed E-state index contributed by atoms with van der Waals surface area (Å²) in [5.74, 6) is -0.229. The van der Waals surface area contributed by atoms with Crippen LogP contribution in [0.3, 0.4) is 0 Å². The van der Waals surface area contributed by atoms with Crippen molar-refractivity contribution in [1.29, 1.82) is 0 Å². The molecule has 2 N–H and O–H groups in total. The molecular weight excluding hydrogens is 287 g/mol. The van der Waals surface area contributed by atoms with Crippen molar-refractivity contribution in [2.75, 3.05) is 17.7 Å². The van der Waals surface area contributed by atoms with Crippen LogP contribution in [0.15, 0.2) is 42.5 Å². The molecule has 0 saturated heterocycles. The second kappa shape index (κ2) is 7.04. The molecule has 21 heavy (non-hydrogen) atoms. The Bertz CT molecular complexity index is 629. The van der Waals surface area contributed by atoms with Gasteiger partial charge in [0.25, 0.3) is 0 Å². The van der Waals surface area contributed by atoms with E-state index in [4.69, 9.17) is 17.0 Å². The van der Waals surface area contributed by atoms with Gasteiger partial charge in [0.05, 0.1) is 7.11 Å². The molecule has 0 aliphatic carbocycles. The average Bonchev–Trinajstić information content (AvgIpc) is 2.48. The number of ether oxygens (including phenoxy) is 1. The maximum atomic E-state index is 13.6. The second-order valence-corrected chi connectivity index (χ2v) is 4.89. The van der Waals surface area contributed by atoms with Crippen LogP contribution in [-0.4, -0.2) is 12.2 Å². The molecule has 0 unspecified atom stereocenters. The molecular formula is C16H17FN2OS. The molecule has 0 heterocycles. The number of thiocarbonyl (C=S) groups is 1. The highest BCUT2D eigenvalue weighted by Crippen LogP contribution is 2.20. The van der Waals surface area contributed by atoms with E-state index in [0.717, 1.165) is 12.1 Å². The van der Waals surface area contributed by atoms with Crippen molar-refractivity contribution in [3.63, 3.8) is 0 Å². The van der Waals surface area contributed by atoms with E-state index in [0.29, 0.717) is 10.8 Å². The molecule has 0 saturated carbocycles. The molecule has 0 aromatic heterocycles. The quantitative estimate of drug-likeness (QED) is 0.829. The summed E-state index contributed by atoms with van der Waals surface area (Å²) in [5.41, 5.74) is 2.71. The van der Waals surface area contributed by atoms with Gasteiger partial charge in [0.1, 0.15) is 0 Å². The van der Waals surface area contributed by atoms with Crippen LogP contribution in [0.25, 0.3) is 0 Å².